The average Bonchev–Trinajstić information content (AvgIpc) is 2.18. The molecule has 0 saturated carbocycles. The van der Waals surface area contributed by atoms with Gasteiger partial charge in [0.2, 0.25) is 0 Å². The summed E-state index contributed by atoms with van der Waals surface area (Å²) in [6, 6.07) is 0. The van der Waals surface area contributed by atoms with Crippen molar-refractivity contribution in [2.45, 2.75) is 20.8 Å². The van der Waals surface area contributed by atoms with E-state index in [0.717, 1.165) is 0 Å². The molecule has 0 nitrogen and oxygen atoms in total. The summed E-state index contributed by atoms with van der Waals surface area (Å²) in [5.41, 5.74) is 0. The van der Waals surface area contributed by atoms with Crippen LogP contribution in [0.1, 0.15) is 20.8 Å². The van der Waals surface area contributed by atoms with Crippen LogP contribution in [0.2, 0.25) is 0 Å². The Morgan fingerprint density at radius 1 is 0.615 bits per heavy atom. The van der Waals surface area contributed by atoms with Crippen LogP contribution in [0.15, 0.2) is 36.5 Å². The van der Waals surface area contributed by atoms with Crippen LogP contribution < -0.4 is 0 Å². The van der Waals surface area contributed by atoms with Gasteiger partial charge in [-0.2, -0.15) is 0 Å². The molecule has 0 aliphatic carbocycles. The van der Waals surface area contributed by atoms with Crippen LogP contribution in [0.25, 0.3) is 0 Å². The van der Waals surface area contributed by atoms with Gasteiger partial charge in [0.15, 0.2) is 0 Å². The van der Waals surface area contributed by atoms with Gasteiger partial charge in [-0.15, -0.1) is 20.8 Å². The van der Waals surface area contributed by atoms with Crippen molar-refractivity contribution in [1.29, 1.82) is 0 Å². The molecule has 0 aliphatic rings. The Labute approximate surface area is 99.7 Å². The number of allylic oxidation sites excluding steroid dienone is 6. The van der Waals surface area contributed by atoms with Crippen LogP contribution in [0.4, 0.5) is 0 Å². The molecule has 0 saturated heterocycles. The summed E-state index contributed by atoms with van der Waals surface area (Å²) in [6.07, 6.45) is 10.9. The van der Waals surface area contributed by atoms with E-state index in [-0.39, 0.29) is 21.7 Å². The van der Waals surface area contributed by atoms with Gasteiger partial charge in [-0.1, -0.05) is 0 Å². The van der Waals surface area contributed by atoms with Gasteiger partial charge in [-0.3, -0.25) is 0 Å². The maximum atomic E-state index is 3.42. The summed E-state index contributed by atoms with van der Waals surface area (Å²) in [5.74, 6) is 0. The molecule has 13 heavy (non-hydrogen) atoms. The fraction of sp³-hybridized carbons (Fsp3) is 0.250. The van der Waals surface area contributed by atoms with Crippen molar-refractivity contribution in [3.8, 4) is 0 Å². The molecular formula is C12H21Ti. The van der Waals surface area contributed by atoms with E-state index in [1.54, 1.807) is 18.2 Å². The predicted molar refractivity (Wildman–Crippen MR) is 60.5 cm³/mol. The Bertz CT molecular complexity index is 74.5. The number of rotatable bonds is 0. The first-order valence-electron chi connectivity index (χ1n) is 3.96. The van der Waals surface area contributed by atoms with E-state index in [0.29, 0.717) is 0 Å². The maximum absolute atomic E-state index is 3.42. The van der Waals surface area contributed by atoms with Crippen LogP contribution in [-0.4, -0.2) is 0 Å². The van der Waals surface area contributed by atoms with Gasteiger partial charge in [0.25, 0.3) is 0 Å². The SMILES string of the molecule is [CH2-]C=CC.[CH2-]C=CC.[CH2-]C=CC.[Ti+3]. The van der Waals surface area contributed by atoms with Gasteiger partial charge in [0.05, 0.1) is 0 Å². The standard InChI is InChI=1S/3C4H7.Ti/c3*1-3-4-2;/h3*3-4H,1H2,2H3;/q3*-1;+3. The summed E-state index contributed by atoms with van der Waals surface area (Å²) in [7, 11) is 0. The molecule has 0 aromatic carbocycles. The molecule has 0 bridgehead atoms. The van der Waals surface area contributed by atoms with E-state index in [9.17, 15) is 0 Å². The van der Waals surface area contributed by atoms with Gasteiger partial charge in [0.1, 0.15) is 0 Å². The molecule has 0 spiro atoms. The Balaban J connectivity index is -0.0000000450. The number of hydrogen-bond donors (Lipinski definition) is 0. The largest absolute Gasteiger partial charge is 3.00 e. The van der Waals surface area contributed by atoms with Crippen molar-refractivity contribution in [3.63, 3.8) is 0 Å². The molecule has 0 aliphatic heterocycles. The summed E-state index contributed by atoms with van der Waals surface area (Å²) >= 11 is 0. The summed E-state index contributed by atoms with van der Waals surface area (Å²) < 4.78 is 0. The van der Waals surface area contributed by atoms with Gasteiger partial charge in [-0.05, 0) is 0 Å². The molecular weight excluding hydrogens is 192 g/mol. The van der Waals surface area contributed by atoms with Crippen LogP contribution in [0.5, 0.6) is 0 Å². The molecule has 0 aromatic rings. The summed E-state index contributed by atoms with van der Waals surface area (Å²) in [4.78, 5) is 0. The van der Waals surface area contributed by atoms with E-state index in [4.69, 9.17) is 0 Å². The minimum atomic E-state index is 0. The van der Waals surface area contributed by atoms with E-state index in [1.807, 2.05) is 39.0 Å². The van der Waals surface area contributed by atoms with Crippen molar-refractivity contribution in [2.75, 3.05) is 0 Å². The molecule has 0 fully saturated rings. The fourth-order valence-corrected chi connectivity index (χ4v) is 0. The van der Waals surface area contributed by atoms with Gasteiger partial charge >= 0.3 is 21.7 Å². The molecule has 0 rings (SSSR count). The molecule has 0 unspecified atom stereocenters. The zero-order chi connectivity index (χ0) is 10.2. The van der Waals surface area contributed by atoms with Crippen LogP contribution >= 0.6 is 0 Å². The molecule has 0 atom stereocenters. The molecule has 0 amide bonds. The molecule has 0 N–H and O–H groups in total. The van der Waals surface area contributed by atoms with Crippen molar-refractivity contribution in [3.05, 3.63) is 57.2 Å². The van der Waals surface area contributed by atoms with E-state index in [1.165, 1.54) is 0 Å². The molecule has 1 radical (unpaired) electrons. The van der Waals surface area contributed by atoms with Crippen LogP contribution in [0.3, 0.4) is 0 Å². The van der Waals surface area contributed by atoms with Crippen molar-refractivity contribution in [2.24, 2.45) is 0 Å². The first-order chi connectivity index (χ1) is 5.74. The Morgan fingerprint density at radius 3 is 0.692 bits per heavy atom. The number of hydrogen-bond acceptors (Lipinski definition) is 0. The minimum Gasteiger partial charge on any atom is -0.245 e. The smallest absolute Gasteiger partial charge is 0.245 e. The third-order valence-corrected chi connectivity index (χ3v) is 0.707. The third kappa shape index (κ3) is 162. The Hall–Kier alpha value is -0.456. The van der Waals surface area contributed by atoms with Crippen molar-refractivity contribution < 1.29 is 21.7 Å². The van der Waals surface area contributed by atoms with Gasteiger partial charge in [0, 0.05) is 0 Å². The van der Waals surface area contributed by atoms with E-state index < -0.39 is 0 Å². The monoisotopic (exact) mass is 213 g/mol. The topological polar surface area (TPSA) is 0 Å². The average molecular weight is 213 g/mol. The summed E-state index contributed by atoms with van der Waals surface area (Å²) in [6.45, 7) is 16.1. The summed E-state index contributed by atoms with van der Waals surface area (Å²) in [5, 5.41) is 0. The van der Waals surface area contributed by atoms with Gasteiger partial charge in [-0.25, -0.2) is 57.2 Å². The van der Waals surface area contributed by atoms with Gasteiger partial charge < -0.3 is 0 Å². The minimum absolute atomic E-state index is 0. The Morgan fingerprint density at radius 2 is 0.692 bits per heavy atom. The zero-order valence-electron chi connectivity index (χ0n) is 9.09. The second-order valence-corrected chi connectivity index (χ2v) is 1.71. The molecule has 1 heteroatoms. The van der Waals surface area contributed by atoms with E-state index in [2.05, 4.69) is 20.8 Å². The van der Waals surface area contributed by atoms with Crippen molar-refractivity contribution >= 4 is 0 Å². The molecule has 0 heterocycles. The quantitative estimate of drug-likeness (QED) is 0.418. The van der Waals surface area contributed by atoms with E-state index >= 15 is 0 Å². The first-order valence-corrected chi connectivity index (χ1v) is 3.96. The van der Waals surface area contributed by atoms with Crippen LogP contribution in [-0.2, 0) is 21.7 Å². The second kappa shape index (κ2) is 41.8. The van der Waals surface area contributed by atoms with Crippen molar-refractivity contribution in [1.82, 2.24) is 0 Å². The normalized spacial score (nSPS) is 8.54. The maximum Gasteiger partial charge on any atom is 3.00 e. The third-order valence-electron chi connectivity index (χ3n) is 0.707. The fourth-order valence-electron chi connectivity index (χ4n) is 0. The molecule has 0 aromatic heterocycles. The zero-order valence-corrected chi connectivity index (χ0v) is 10.6. The Kier molecular flexibility index (Phi) is 73.6. The second-order valence-electron chi connectivity index (χ2n) is 1.71. The first kappa shape index (κ1) is 22.9. The molecule has 73 valence electrons. The predicted octanol–water partition coefficient (Wildman–Crippen LogP) is 4.19. The van der Waals surface area contributed by atoms with Crippen LogP contribution in [0, 0.1) is 20.8 Å².